The fraction of sp³-hybridized carbons (Fsp3) is 0.500. The van der Waals surface area contributed by atoms with E-state index < -0.39 is 12.1 Å². The molecule has 1 aliphatic heterocycles. The number of benzene rings is 1. The zero-order chi connectivity index (χ0) is 16.3. The van der Waals surface area contributed by atoms with Gasteiger partial charge in [0.05, 0.1) is 13.2 Å². The number of rotatable bonds is 4. The Bertz CT molecular complexity index is 573. The van der Waals surface area contributed by atoms with E-state index in [0.717, 1.165) is 16.9 Å². The molecule has 0 bridgehead atoms. The first-order valence-corrected chi connectivity index (χ1v) is 7.29. The molecule has 0 aromatic heterocycles. The second-order valence-electron chi connectivity index (χ2n) is 5.61. The number of nitrogens with one attached hydrogen (secondary N) is 1. The molecule has 0 aliphatic carbocycles. The van der Waals surface area contributed by atoms with E-state index in [1.165, 1.54) is 11.8 Å². The molecule has 120 valence electrons. The van der Waals surface area contributed by atoms with Gasteiger partial charge < -0.3 is 20.1 Å². The molecule has 1 aliphatic rings. The van der Waals surface area contributed by atoms with Gasteiger partial charge >= 0.3 is 0 Å². The molecule has 2 N–H and O–H groups in total. The smallest absolute Gasteiger partial charge is 0.243 e. The van der Waals surface area contributed by atoms with Crippen molar-refractivity contribution in [1.29, 1.82) is 0 Å². The molecule has 0 radical (unpaired) electrons. The Balaban J connectivity index is 2.02. The fourth-order valence-corrected chi connectivity index (χ4v) is 2.71. The van der Waals surface area contributed by atoms with Crippen LogP contribution in [-0.2, 0) is 16.1 Å². The highest BCUT2D eigenvalue weighted by Crippen LogP contribution is 2.21. The zero-order valence-electron chi connectivity index (χ0n) is 13.1. The monoisotopic (exact) mass is 306 g/mol. The van der Waals surface area contributed by atoms with Gasteiger partial charge in [-0.25, -0.2) is 0 Å². The van der Waals surface area contributed by atoms with E-state index in [2.05, 4.69) is 5.32 Å². The Morgan fingerprint density at radius 2 is 2.18 bits per heavy atom. The Labute approximate surface area is 130 Å². The number of aryl methyl sites for hydroxylation is 1. The van der Waals surface area contributed by atoms with Crippen LogP contribution in [0.3, 0.4) is 0 Å². The highest BCUT2D eigenvalue weighted by Gasteiger charge is 2.37. The summed E-state index contributed by atoms with van der Waals surface area (Å²) >= 11 is 0. The summed E-state index contributed by atoms with van der Waals surface area (Å²) in [4.78, 5) is 25.2. The van der Waals surface area contributed by atoms with Crippen molar-refractivity contribution in [3.63, 3.8) is 0 Å². The van der Waals surface area contributed by atoms with Crippen molar-refractivity contribution in [3.8, 4) is 5.75 Å². The molecule has 1 heterocycles. The lowest BCUT2D eigenvalue weighted by atomic mass is 10.1. The second kappa shape index (κ2) is 6.79. The summed E-state index contributed by atoms with van der Waals surface area (Å²) in [5, 5.41) is 12.5. The van der Waals surface area contributed by atoms with E-state index in [1.807, 2.05) is 25.1 Å². The van der Waals surface area contributed by atoms with E-state index in [0.29, 0.717) is 6.54 Å². The van der Waals surface area contributed by atoms with Crippen LogP contribution in [0.25, 0.3) is 0 Å². The highest BCUT2D eigenvalue weighted by molar-refractivity contribution is 5.87. The van der Waals surface area contributed by atoms with Crippen LogP contribution in [0.4, 0.5) is 0 Å². The molecule has 2 rings (SSSR count). The predicted molar refractivity (Wildman–Crippen MR) is 81.4 cm³/mol. The average Bonchev–Trinajstić information content (AvgIpc) is 2.87. The van der Waals surface area contributed by atoms with Crippen LogP contribution in [-0.4, -0.2) is 47.6 Å². The predicted octanol–water partition coefficient (Wildman–Crippen LogP) is 0.602. The second-order valence-corrected chi connectivity index (χ2v) is 5.61. The van der Waals surface area contributed by atoms with Crippen LogP contribution in [0.15, 0.2) is 18.2 Å². The summed E-state index contributed by atoms with van der Waals surface area (Å²) < 4.78 is 5.30. The van der Waals surface area contributed by atoms with Crippen LogP contribution in [0, 0.1) is 6.92 Å². The van der Waals surface area contributed by atoms with Gasteiger partial charge in [0.1, 0.15) is 11.8 Å². The van der Waals surface area contributed by atoms with Gasteiger partial charge in [0.2, 0.25) is 11.8 Å². The third kappa shape index (κ3) is 3.57. The topological polar surface area (TPSA) is 78.9 Å². The van der Waals surface area contributed by atoms with Crippen molar-refractivity contribution in [2.45, 2.75) is 39.0 Å². The summed E-state index contributed by atoms with van der Waals surface area (Å²) in [6, 6.07) is 5.15. The first kappa shape index (κ1) is 16.3. The van der Waals surface area contributed by atoms with E-state index in [1.54, 1.807) is 7.11 Å². The molecule has 22 heavy (non-hydrogen) atoms. The zero-order valence-corrected chi connectivity index (χ0v) is 13.1. The minimum atomic E-state index is -0.645. The molecule has 1 fully saturated rings. The van der Waals surface area contributed by atoms with Gasteiger partial charge in [-0.3, -0.25) is 9.59 Å². The molecule has 2 amide bonds. The number of β-amino-alcohol motifs (C(OH)–C–C–N with tert-alkyl or cyclic N) is 1. The average molecular weight is 306 g/mol. The lowest BCUT2D eigenvalue weighted by Gasteiger charge is -2.22. The molecule has 0 unspecified atom stereocenters. The van der Waals surface area contributed by atoms with Crippen molar-refractivity contribution in [2.75, 3.05) is 13.7 Å². The number of methoxy groups -OCH3 is 1. The molecule has 1 aromatic carbocycles. The molecule has 2 atom stereocenters. The highest BCUT2D eigenvalue weighted by atomic mass is 16.5. The fourth-order valence-electron chi connectivity index (χ4n) is 2.71. The lowest BCUT2D eigenvalue weighted by Crippen LogP contribution is -2.44. The van der Waals surface area contributed by atoms with Crippen molar-refractivity contribution in [1.82, 2.24) is 10.2 Å². The number of ether oxygens (including phenoxy) is 1. The number of carbonyl (C=O) groups is 2. The van der Waals surface area contributed by atoms with Gasteiger partial charge in [-0.2, -0.15) is 0 Å². The summed E-state index contributed by atoms with van der Waals surface area (Å²) in [6.07, 6.45) is -0.371. The van der Waals surface area contributed by atoms with Gasteiger partial charge in [0.25, 0.3) is 0 Å². The Kier molecular flexibility index (Phi) is 5.03. The van der Waals surface area contributed by atoms with Crippen molar-refractivity contribution in [2.24, 2.45) is 0 Å². The first-order valence-electron chi connectivity index (χ1n) is 7.29. The van der Waals surface area contributed by atoms with Gasteiger partial charge in [-0.05, 0) is 18.6 Å². The molecular formula is C16H22N2O4. The summed E-state index contributed by atoms with van der Waals surface area (Å²) in [7, 11) is 1.59. The molecule has 0 saturated carbocycles. The van der Waals surface area contributed by atoms with E-state index in [4.69, 9.17) is 4.74 Å². The number of aliphatic hydroxyl groups is 1. The summed E-state index contributed by atoms with van der Waals surface area (Å²) in [5.74, 6) is 0.258. The summed E-state index contributed by atoms with van der Waals surface area (Å²) in [6.45, 7) is 3.90. The molecule has 1 aromatic rings. The third-order valence-corrected chi connectivity index (χ3v) is 3.88. The standard InChI is InChI=1S/C16H22N2O4/c1-10-4-5-12(15(6-10)22-3)8-17-16(21)14-7-13(20)9-18(14)11(2)19/h4-6,13-14,20H,7-9H2,1-3H3,(H,17,21)/t13-,14-/m1/s1. The lowest BCUT2D eigenvalue weighted by molar-refractivity contribution is -0.137. The Hall–Kier alpha value is -2.08. The van der Waals surface area contributed by atoms with Gasteiger partial charge in [0.15, 0.2) is 0 Å². The van der Waals surface area contributed by atoms with Crippen LogP contribution >= 0.6 is 0 Å². The largest absolute Gasteiger partial charge is 0.496 e. The maximum Gasteiger partial charge on any atom is 0.243 e. The third-order valence-electron chi connectivity index (χ3n) is 3.88. The minimum absolute atomic E-state index is 0.204. The van der Waals surface area contributed by atoms with Crippen LogP contribution in [0.5, 0.6) is 5.75 Å². The Morgan fingerprint density at radius 3 is 2.82 bits per heavy atom. The van der Waals surface area contributed by atoms with Crippen LogP contribution < -0.4 is 10.1 Å². The van der Waals surface area contributed by atoms with Crippen LogP contribution in [0.2, 0.25) is 0 Å². The number of hydrogen-bond donors (Lipinski definition) is 2. The molecule has 6 heteroatoms. The molecule has 1 saturated heterocycles. The normalized spacial score (nSPS) is 20.8. The minimum Gasteiger partial charge on any atom is -0.496 e. The number of aliphatic hydroxyl groups excluding tert-OH is 1. The van der Waals surface area contributed by atoms with Crippen molar-refractivity contribution < 1.29 is 19.4 Å². The van der Waals surface area contributed by atoms with E-state index in [-0.39, 0.29) is 24.8 Å². The van der Waals surface area contributed by atoms with Gasteiger partial charge in [-0.15, -0.1) is 0 Å². The number of hydrogen-bond acceptors (Lipinski definition) is 4. The number of amides is 2. The van der Waals surface area contributed by atoms with Gasteiger partial charge in [0, 0.05) is 32.0 Å². The first-order chi connectivity index (χ1) is 10.4. The molecule has 0 spiro atoms. The van der Waals surface area contributed by atoms with Crippen molar-refractivity contribution >= 4 is 11.8 Å². The van der Waals surface area contributed by atoms with E-state index in [9.17, 15) is 14.7 Å². The maximum absolute atomic E-state index is 12.3. The number of nitrogens with zero attached hydrogens (tertiary/aromatic N) is 1. The Morgan fingerprint density at radius 1 is 1.45 bits per heavy atom. The van der Waals surface area contributed by atoms with E-state index >= 15 is 0 Å². The van der Waals surface area contributed by atoms with Crippen molar-refractivity contribution in [3.05, 3.63) is 29.3 Å². The summed E-state index contributed by atoms with van der Waals surface area (Å²) in [5.41, 5.74) is 1.95. The number of carbonyl (C=O) groups excluding carboxylic acids is 2. The maximum atomic E-state index is 12.3. The van der Waals surface area contributed by atoms with Gasteiger partial charge in [-0.1, -0.05) is 12.1 Å². The SMILES string of the molecule is COc1cc(C)ccc1CNC(=O)[C@H]1C[C@@H](O)CN1C(C)=O. The molecular weight excluding hydrogens is 284 g/mol. The number of likely N-dealkylation sites (tertiary alicyclic amines) is 1. The quantitative estimate of drug-likeness (QED) is 0.854. The van der Waals surface area contributed by atoms with Crippen LogP contribution in [0.1, 0.15) is 24.5 Å². The molecule has 6 nitrogen and oxygen atoms in total.